The lowest BCUT2D eigenvalue weighted by atomic mass is 9.99. The lowest BCUT2D eigenvalue weighted by Crippen LogP contribution is -2.72. The number of nitrogens with two attached hydrogens (primary N) is 1. The van der Waals surface area contributed by atoms with Crippen LogP contribution < -0.4 is 5.73 Å². The van der Waals surface area contributed by atoms with E-state index in [1.165, 1.54) is 26.0 Å². The van der Waals surface area contributed by atoms with Crippen LogP contribution in [0.15, 0.2) is 11.0 Å². The molecule has 2 aliphatic rings. The van der Waals surface area contributed by atoms with Gasteiger partial charge in [0.25, 0.3) is 0 Å². The average molecular weight is 328 g/mol. The van der Waals surface area contributed by atoms with Gasteiger partial charge in [-0.3, -0.25) is 4.79 Å². The first-order valence-electron chi connectivity index (χ1n) is 6.03. The van der Waals surface area contributed by atoms with Gasteiger partial charge in [-0.05, 0) is 33.6 Å². The van der Waals surface area contributed by atoms with Gasteiger partial charge in [0.05, 0.1) is 6.54 Å². The Morgan fingerprint density at radius 1 is 1.57 bits per heavy atom. The number of nitrogens with zero attached hydrogens (tertiary/aromatic N) is 5. The summed E-state index contributed by atoms with van der Waals surface area (Å²) in [6.07, 6.45) is 0. The van der Waals surface area contributed by atoms with Crippen LogP contribution in [-0.2, 0) is 23.2 Å². The summed E-state index contributed by atoms with van der Waals surface area (Å²) in [7, 11) is 1.65. The molecule has 0 radical (unpaired) electrons. The molecule has 0 spiro atoms. The summed E-state index contributed by atoms with van der Waals surface area (Å²) in [5.41, 5.74) is 6.21. The van der Waals surface area contributed by atoms with E-state index in [4.69, 9.17) is 18.0 Å². The summed E-state index contributed by atoms with van der Waals surface area (Å²) in [5, 5.41) is 18.5. The molecule has 3 N–H and O–H groups in total. The second kappa shape index (κ2) is 4.93. The van der Waals surface area contributed by atoms with E-state index in [1.54, 1.807) is 12.5 Å². The quantitative estimate of drug-likeness (QED) is 0.531. The minimum atomic E-state index is -1.10. The molecule has 1 saturated heterocycles. The van der Waals surface area contributed by atoms with Gasteiger partial charge < -0.3 is 15.7 Å². The molecular formula is C10H12N6O3S2. The molecule has 3 heterocycles. The van der Waals surface area contributed by atoms with Crippen molar-refractivity contribution in [3.8, 4) is 0 Å². The largest absolute Gasteiger partial charge is 0.479 e. The number of hydrogen-bond acceptors (Lipinski definition) is 7. The van der Waals surface area contributed by atoms with Gasteiger partial charge in [-0.1, -0.05) is 0 Å². The van der Waals surface area contributed by atoms with Crippen LogP contribution in [0.1, 0.15) is 0 Å². The van der Waals surface area contributed by atoms with Crippen molar-refractivity contribution in [2.24, 2.45) is 12.8 Å². The van der Waals surface area contributed by atoms with Crippen molar-refractivity contribution >= 4 is 35.9 Å². The standard InChI is InChI=1S/C10H12N6O3S2/c1-14-10(20)15(13-12-14)2-4-3-21-8-5(11)7(17)16(8)6(4)9(18)19/h3,5-6,8H,2,11H2,1H3,(H,18,19)/t5-,6?,8-/m1/s1. The number of β-lactam (4-membered cyclic amide) rings is 1. The predicted molar refractivity (Wildman–Crippen MR) is 75.5 cm³/mol. The van der Waals surface area contributed by atoms with E-state index in [-0.39, 0.29) is 17.8 Å². The van der Waals surface area contributed by atoms with Crippen LogP contribution >= 0.6 is 24.0 Å². The highest BCUT2D eigenvalue weighted by Crippen LogP contribution is 2.39. The Labute approximate surface area is 128 Å². The highest BCUT2D eigenvalue weighted by atomic mass is 32.2. The maximum absolute atomic E-state index is 11.8. The Bertz CT molecular complexity index is 710. The SMILES string of the molecule is Cn1nnn(CC2=CS[C@@H]3[C@H](N)C(=O)N3C2C(=O)O)c1=S. The van der Waals surface area contributed by atoms with Crippen molar-refractivity contribution in [1.29, 1.82) is 0 Å². The third-order valence-corrected chi connectivity index (χ3v) is 5.17. The first kappa shape index (κ1) is 14.2. The fourth-order valence-electron chi connectivity index (χ4n) is 2.36. The Morgan fingerprint density at radius 2 is 2.29 bits per heavy atom. The molecule has 9 nitrogen and oxygen atoms in total. The first-order chi connectivity index (χ1) is 9.91. The fourth-order valence-corrected chi connectivity index (χ4v) is 3.66. The second-order valence-electron chi connectivity index (χ2n) is 4.77. The number of carbonyl (C=O) groups excluding carboxylic acids is 1. The minimum Gasteiger partial charge on any atom is -0.479 e. The monoisotopic (exact) mass is 328 g/mol. The lowest BCUT2D eigenvalue weighted by molar-refractivity contribution is -0.158. The van der Waals surface area contributed by atoms with E-state index in [0.717, 1.165) is 0 Å². The summed E-state index contributed by atoms with van der Waals surface area (Å²) >= 11 is 6.47. The number of amides is 1. The van der Waals surface area contributed by atoms with Gasteiger partial charge in [-0.25, -0.2) is 14.2 Å². The summed E-state index contributed by atoms with van der Waals surface area (Å²) in [6.45, 7) is 0.169. The van der Waals surface area contributed by atoms with Crippen LogP contribution in [0.25, 0.3) is 0 Å². The van der Waals surface area contributed by atoms with Crippen molar-refractivity contribution < 1.29 is 14.7 Å². The van der Waals surface area contributed by atoms with E-state index in [2.05, 4.69) is 10.4 Å². The summed E-state index contributed by atoms with van der Waals surface area (Å²) in [6, 6.07) is -1.68. The first-order valence-corrected chi connectivity index (χ1v) is 7.38. The summed E-state index contributed by atoms with van der Waals surface area (Å²) in [5.74, 6) is -1.45. The number of tetrazole rings is 1. The minimum absolute atomic E-state index is 0.169. The molecule has 3 atom stereocenters. The smallest absolute Gasteiger partial charge is 0.330 e. The molecule has 0 aromatic carbocycles. The van der Waals surface area contributed by atoms with Gasteiger partial charge in [-0.15, -0.1) is 11.8 Å². The normalized spacial score (nSPS) is 27.9. The second-order valence-corrected chi connectivity index (χ2v) is 6.13. The number of carboxylic acid groups (broad SMARTS) is 1. The lowest BCUT2D eigenvalue weighted by Gasteiger charge is -2.50. The van der Waals surface area contributed by atoms with Crippen LogP contribution in [0.3, 0.4) is 0 Å². The molecule has 112 valence electrons. The fraction of sp³-hybridized carbons (Fsp3) is 0.500. The number of carbonyl (C=O) groups is 2. The van der Waals surface area contributed by atoms with Crippen molar-refractivity contribution in [2.75, 3.05) is 0 Å². The van der Waals surface area contributed by atoms with Gasteiger partial charge >= 0.3 is 5.97 Å². The van der Waals surface area contributed by atoms with Crippen molar-refractivity contribution in [1.82, 2.24) is 24.7 Å². The molecular weight excluding hydrogens is 316 g/mol. The number of aromatic nitrogens is 4. The zero-order chi connectivity index (χ0) is 15.3. The molecule has 11 heteroatoms. The summed E-state index contributed by atoms with van der Waals surface area (Å²) < 4.78 is 3.20. The Balaban J connectivity index is 1.92. The molecule has 3 rings (SSSR count). The topological polar surface area (TPSA) is 119 Å². The van der Waals surface area contributed by atoms with E-state index in [0.29, 0.717) is 10.3 Å². The van der Waals surface area contributed by atoms with Gasteiger partial charge in [0.2, 0.25) is 10.7 Å². The average Bonchev–Trinajstić information content (AvgIpc) is 2.77. The van der Waals surface area contributed by atoms with Crippen LogP contribution in [0, 0.1) is 4.77 Å². The van der Waals surface area contributed by atoms with Crippen LogP contribution in [0.2, 0.25) is 0 Å². The zero-order valence-corrected chi connectivity index (χ0v) is 12.5. The molecule has 0 bridgehead atoms. The zero-order valence-electron chi connectivity index (χ0n) is 10.9. The molecule has 1 aromatic rings. The molecule has 0 saturated carbocycles. The number of rotatable bonds is 3. The summed E-state index contributed by atoms with van der Waals surface area (Å²) in [4.78, 5) is 24.6. The van der Waals surface area contributed by atoms with Gasteiger partial charge in [-0.2, -0.15) is 0 Å². The van der Waals surface area contributed by atoms with E-state index < -0.39 is 18.1 Å². The molecule has 1 amide bonds. The van der Waals surface area contributed by atoms with Gasteiger partial charge in [0.15, 0.2) is 6.04 Å². The van der Waals surface area contributed by atoms with Gasteiger partial charge in [0, 0.05) is 7.05 Å². The number of fused-ring (bicyclic) bond motifs is 1. The molecule has 1 aromatic heterocycles. The van der Waals surface area contributed by atoms with Crippen LogP contribution in [0.4, 0.5) is 0 Å². The maximum Gasteiger partial charge on any atom is 0.330 e. The van der Waals surface area contributed by atoms with Crippen molar-refractivity contribution in [2.45, 2.75) is 24.0 Å². The Kier molecular flexibility index (Phi) is 3.34. The third kappa shape index (κ3) is 2.08. The van der Waals surface area contributed by atoms with E-state index >= 15 is 0 Å². The Morgan fingerprint density at radius 3 is 2.86 bits per heavy atom. The number of hydrogen-bond donors (Lipinski definition) is 2. The molecule has 1 unspecified atom stereocenters. The van der Waals surface area contributed by atoms with E-state index in [9.17, 15) is 14.7 Å². The van der Waals surface area contributed by atoms with Crippen LogP contribution in [-0.4, -0.2) is 59.1 Å². The number of aliphatic carboxylic acids is 1. The van der Waals surface area contributed by atoms with Crippen molar-refractivity contribution in [3.05, 3.63) is 15.8 Å². The molecule has 0 aliphatic carbocycles. The van der Waals surface area contributed by atoms with E-state index in [1.807, 2.05) is 0 Å². The highest BCUT2D eigenvalue weighted by Gasteiger charge is 2.53. The maximum atomic E-state index is 11.8. The molecule has 21 heavy (non-hydrogen) atoms. The number of aryl methyl sites for hydroxylation is 1. The number of carboxylic acids is 1. The molecule has 2 aliphatic heterocycles. The van der Waals surface area contributed by atoms with Crippen LogP contribution in [0.5, 0.6) is 0 Å². The third-order valence-electron chi connectivity index (χ3n) is 3.46. The number of thioether (sulfide) groups is 1. The highest BCUT2D eigenvalue weighted by molar-refractivity contribution is 8.02. The molecule has 1 fully saturated rings. The van der Waals surface area contributed by atoms with Gasteiger partial charge in [0.1, 0.15) is 11.4 Å². The Hall–Kier alpha value is -1.72. The predicted octanol–water partition coefficient (Wildman–Crippen LogP) is -1.07. The van der Waals surface area contributed by atoms with Crippen molar-refractivity contribution in [3.63, 3.8) is 0 Å².